The van der Waals surface area contributed by atoms with Gasteiger partial charge in [0.25, 0.3) is 0 Å². The standard InChI is InChI=1S/C22H36N2O4/c1-22(2,3)28-21(27)18(19(23)15-9-5-4-6-10-15)20(26)17(25)13-12-16-11-7-8-14-24-16/h7-8,11,14-15,17-20,25-26H,4-6,9-10,12-13,23H2,1-3H3/t17-,18-,19?,20-/m0/s1. The molecule has 1 fully saturated rings. The third-order valence-corrected chi connectivity index (χ3v) is 5.47. The lowest BCUT2D eigenvalue weighted by molar-refractivity contribution is -0.169. The fraction of sp³-hybridized carbons (Fsp3) is 0.727. The number of carbonyl (C=O) groups excluding carboxylic acids is 1. The van der Waals surface area contributed by atoms with E-state index in [-0.39, 0.29) is 5.92 Å². The molecular weight excluding hydrogens is 356 g/mol. The molecule has 0 radical (unpaired) electrons. The number of nitrogens with two attached hydrogens (primary N) is 1. The smallest absolute Gasteiger partial charge is 0.313 e. The van der Waals surface area contributed by atoms with Crippen molar-refractivity contribution in [2.45, 2.75) is 89.6 Å². The summed E-state index contributed by atoms with van der Waals surface area (Å²) >= 11 is 0. The van der Waals surface area contributed by atoms with E-state index in [1.165, 1.54) is 6.42 Å². The van der Waals surface area contributed by atoms with Crippen molar-refractivity contribution in [2.24, 2.45) is 17.6 Å². The second kappa shape index (κ2) is 10.3. The monoisotopic (exact) mass is 392 g/mol. The van der Waals surface area contributed by atoms with E-state index < -0.39 is 35.7 Å². The predicted molar refractivity (Wildman–Crippen MR) is 108 cm³/mol. The Kier molecular flexibility index (Phi) is 8.40. The first-order valence-electron chi connectivity index (χ1n) is 10.4. The average molecular weight is 393 g/mol. The van der Waals surface area contributed by atoms with Crippen LogP contribution in [-0.2, 0) is 16.0 Å². The van der Waals surface area contributed by atoms with Gasteiger partial charge >= 0.3 is 5.97 Å². The molecule has 4 atom stereocenters. The molecule has 6 heteroatoms. The van der Waals surface area contributed by atoms with Gasteiger partial charge in [0, 0.05) is 17.9 Å². The quantitative estimate of drug-likeness (QED) is 0.587. The number of esters is 1. The van der Waals surface area contributed by atoms with Crippen LogP contribution in [0.5, 0.6) is 0 Å². The maximum atomic E-state index is 12.9. The minimum atomic E-state index is -1.27. The van der Waals surface area contributed by atoms with Crippen LogP contribution in [0.3, 0.4) is 0 Å². The summed E-state index contributed by atoms with van der Waals surface area (Å²) in [6.07, 6.45) is 5.39. The third kappa shape index (κ3) is 6.83. The molecule has 0 saturated heterocycles. The molecule has 0 spiro atoms. The molecule has 1 aliphatic rings. The number of carbonyl (C=O) groups is 1. The maximum absolute atomic E-state index is 12.9. The minimum Gasteiger partial charge on any atom is -0.460 e. The highest BCUT2D eigenvalue weighted by molar-refractivity contribution is 5.74. The van der Waals surface area contributed by atoms with E-state index in [1.54, 1.807) is 27.0 Å². The summed E-state index contributed by atoms with van der Waals surface area (Å²) in [5, 5.41) is 21.5. The minimum absolute atomic E-state index is 0.156. The number of aliphatic hydroxyl groups excluding tert-OH is 2. The molecule has 1 saturated carbocycles. The van der Waals surface area contributed by atoms with Gasteiger partial charge in [-0.15, -0.1) is 0 Å². The first-order chi connectivity index (χ1) is 13.2. The fourth-order valence-electron chi connectivity index (χ4n) is 3.96. The van der Waals surface area contributed by atoms with Crippen molar-refractivity contribution in [2.75, 3.05) is 0 Å². The van der Waals surface area contributed by atoms with Gasteiger partial charge in [-0.3, -0.25) is 9.78 Å². The molecule has 2 rings (SSSR count). The largest absolute Gasteiger partial charge is 0.460 e. The van der Waals surface area contributed by atoms with E-state index in [0.717, 1.165) is 31.4 Å². The van der Waals surface area contributed by atoms with Crippen LogP contribution in [0.4, 0.5) is 0 Å². The van der Waals surface area contributed by atoms with Gasteiger partial charge in [0.1, 0.15) is 11.5 Å². The topological polar surface area (TPSA) is 106 Å². The summed E-state index contributed by atoms with van der Waals surface area (Å²) in [6.45, 7) is 5.37. The van der Waals surface area contributed by atoms with Gasteiger partial charge in [0.05, 0.1) is 12.2 Å². The van der Waals surface area contributed by atoms with Crippen molar-refractivity contribution in [1.29, 1.82) is 0 Å². The molecule has 6 nitrogen and oxygen atoms in total. The van der Waals surface area contributed by atoms with Gasteiger partial charge in [0.2, 0.25) is 0 Å². The average Bonchev–Trinajstić information content (AvgIpc) is 2.66. The Hall–Kier alpha value is -1.50. The van der Waals surface area contributed by atoms with Crippen molar-refractivity contribution in [3.63, 3.8) is 0 Å². The molecule has 158 valence electrons. The number of rotatable bonds is 8. The third-order valence-electron chi connectivity index (χ3n) is 5.47. The molecule has 1 aromatic heterocycles. The van der Waals surface area contributed by atoms with Crippen LogP contribution in [0.25, 0.3) is 0 Å². The summed E-state index contributed by atoms with van der Waals surface area (Å²) < 4.78 is 5.54. The normalized spacial score (nSPS) is 20.2. The van der Waals surface area contributed by atoms with Gasteiger partial charge < -0.3 is 20.7 Å². The zero-order valence-corrected chi connectivity index (χ0v) is 17.4. The lowest BCUT2D eigenvalue weighted by Crippen LogP contribution is -2.53. The zero-order chi connectivity index (χ0) is 20.7. The van der Waals surface area contributed by atoms with Gasteiger partial charge in [-0.05, 0) is 64.5 Å². The van der Waals surface area contributed by atoms with E-state index in [1.807, 2.05) is 18.2 Å². The zero-order valence-electron chi connectivity index (χ0n) is 17.4. The lowest BCUT2D eigenvalue weighted by Gasteiger charge is -2.37. The highest BCUT2D eigenvalue weighted by Gasteiger charge is 2.42. The number of ether oxygens (including phenoxy) is 1. The van der Waals surface area contributed by atoms with Crippen LogP contribution < -0.4 is 5.73 Å². The number of hydrogen-bond donors (Lipinski definition) is 3. The highest BCUT2D eigenvalue weighted by Crippen LogP contribution is 2.32. The van der Waals surface area contributed by atoms with Crippen LogP contribution >= 0.6 is 0 Å². The number of pyridine rings is 1. The van der Waals surface area contributed by atoms with Gasteiger partial charge in [-0.1, -0.05) is 25.3 Å². The number of nitrogens with zero attached hydrogens (tertiary/aromatic N) is 1. The molecule has 1 heterocycles. The van der Waals surface area contributed by atoms with Crippen LogP contribution in [-0.4, -0.2) is 45.0 Å². The predicted octanol–water partition coefficient (Wildman–Crippen LogP) is 2.60. The number of aryl methyl sites for hydroxylation is 1. The molecule has 28 heavy (non-hydrogen) atoms. The summed E-state index contributed by atoms with van der Waals surface area (Å²) in [5.41, 5.74) is 6.63. The Morgan fingerprint density at radius 2 is 1.93 bits per heavy atom. The van der Waals surface area contributed by atoms with E-state index in [4.69, 9.17) is 10.5 Å². The molecule has 4 N–H and O–H groups in total. The second-order valence-electron chi connectivity index (χ2n) is 8.95. The Bertz CT molecular complexity index is 596. The van der Waals surface area contributed by atoms with Crippen LogP contribution in [0.1, 0.15) is 65.0 Å². The van der Waals surface area contributed by atoms with Crippen LogP contribution in [0.15, 0.2) is 24.4 Å². The lowest BCUT2D eigenvalue weighted by atomic mass is 9.76. The summed E-state index contributed by atoms with van der Waals surface area (Å²) in [5.74, 6) is -1.32. The molecule has 1 aliphatic carbocycles. The van der Waals surface area contributed by atoms with E-state index in [9.17, 15) is 15.0 Å². The van der Waals surface area contributed by atoms with E-state index in [0.29, 0.717) is 12.8 Å². The molecule has 0 aliphatic heterocycles. The molecule has 0 aromatic carbocycles. The number of aliphatic hydroxyl groups is 2. The summed E-state index contributed by atoms with van der Waals surface area (Å²) in [6, 6.07) is 5.05. The molecule has 0 amide bonds. The van der Waals surface area contributed by atoms with E-state index in [2.05, 4.69) is 4.98 Å². The number of aromatic nitrogens is 1. The molecular formula is C22H36N2O4. The van der Waals surface area contributed by atoms with Gasteiger partial charge in [0.15, 0.2) is 0 Å². The van der Waals surface area contributed by atoms with Gasteiger partial charge in [-0.2, -0.15) is 0 Å². The molecule has 1 aromatic rings. The summed E-state index contributed by atoms with van der Waals surface area (Å²) in [7, 11) is 0. The molecule has 0 bridgehead atoms. The maximum Gasteiger partial charge on any atom is 0.313 e. The van der Waals surface area contributed by atoms with Crippen molar-refractivity contribution in [1.82, 2.24) is 4.98 Å². The second-order valence-corrected chi connectivity index (χ2v) is 8.95. The van der Waals surface area contributed by atoms with Crippen LogP contribution in [0, 0.1) is 11.8 Å². The first-order valence-corrected chi connectivity index (χ1v) is 10.4. The fourth-order valence-corrected chi connectivity index (χ4v) is 3.96. The van der Waals surface area contributed by atoms with Crippen molar-refractivity contribution in [3.8, 4) is 0 Å². The Labute approximate surface area is 168 Å². The highest BCUT2D eigenvalue weighted by atomic mass is 16.6. The van der Waals surface area contributed by atoms with Gasteiger partial charge in [-0.25, -0.2) is 0 Å². The molecule has 1 unspecified atom stereocenters. The Morgan fingerprint density at radius 1 is 1.25 bits per heavy atom. The van der Waals surface area contributed by atoms with Crippen molar-refractivity contribution >= 4 is 5.97 Å². The van der Waals surface area contributed by atoms with Crippen molar-refractivity contribution < 1.29 is 19.7 Å². The van der Waals surface area contributed by atoms with Crippen molar-refractivity contribution in [3.05, 3.63) is 30.1 Å². The Morgan fingerprint density at radius 3 is 2.50 bits per heavy atom. The van der Waals surface area contributed by atoms with Crippen LogP contribution in [0.2, 0.25) is 0 Å². The first kappa shape index (κ1) is 22.8. The summed E-state index contributed by atoms with van der Waals surface area (Å²) in [4.78, 5) is 17.1. The Balaban J connectivity index is 2.09. The number of hydrogen-bond acceptors (Lipinski definition) is 6. The SMILES string of the molecule is CC(C)(C)OC(=O)[C@@H](C(N)C1CCCCC1)[C@@H](O)[C@@H](O)CCc1ccccn1. The van der Waals surface area contributed by atoms with E-state index >= 15 is 0 Å².